The molecule has 0 atom stereocenters. The van der Waals surface area contributed by atoms with Crippen molar-refractivity contribution in [3.05, 3.63) is 18.3 Å². The Hall–Kier alpha value is -0.920. The van der Waals surface area contributed by atoms with E-state index in [2.05, 4.69) is 6.92 Å². The van der Waals surface area contributed by atoms with Gasteiger partial charge < -0.3 is 4.57 Å². The van der Waals surface area contributed by atoms with Crippen LogP contribution in [0.2, 0.25) is 0 Å². The van der Waals surface area contributed by atoms with Crippen LogP contribution in [0, 0.1) is 0 Å². The Labute approximate surface area is 99.8 Å². The minimum atomic E-state index is 0.392. The van der Waals surface area contributed by atoms with Gasteiger partial charge in [-0.05, 0) is 18.6 Å². The van der Waals surface area contributed by atoms with E-state index in [-0.39, 0.29) is 0 Å². The van der Waals surface area contributed by atoms with Gasteiger partial charge in [0.25, 0.3) is 0 Å². The van der Waals surface area contributed by atoms with Gasteiger partial charge in [-0.15, -0.1) is 5.73 Å². The predicted molar refractivity (Wildman–Crippen MR) is 68.8 cm³/mol. The van der Waals surface area contributed by atoms with Crippen molar-refractivity contribution in [2.45, 2.75) is 64.8 Å². The maximum absolute atomic E-state index is 9.41. The lowest BCUT2D eigenvalue weighted by Gasteiger charge is -2.04. The molecule has 1 heterocycles. The second-order valence-electron chi connectivity index (χ2n) is 4.53. The molecule has 0 unspecified atom stereocenters. The van der Waals surface area contributed by atoms with Crippen molar-refractivity contribution < 1.29 is 0 Å². The molecule has 0 aliphatic carbocycles. The third kappa shape index (κ3) is 5.24. The van der Waals surface area contributed by atoms with Gasteiger partial charge in [0.2, 0.25) is 0 Å². The van der Waals surface area contributed by atoms with Crippen LogP contribution in [0.15, 0.2) is 18.3 Å². The topological polar surface area (TPSA) is 27.2 Å². The highest BCUT2D eigenvalue weighted by Crippen LogP contribution is 2.11. The van der Waals surface area contributed by atoms with Gasteiger partial charge in [-0.3, -0.25) is 0 Å². The zero-order valence-electron chi connectivity index (χ0n) is 10.5. The minimum Gasteiger partial charge on any atom is -0.332 e. The number of aromatic nitrogens is 1. The number of unbranched alkanes of at least 4 members (excludes halogenated alkanes) is 7. The van der Waals surface area contributed by atoms with Gasteiger partial charge in [0.05, 0.1) is 0 Å². The van der Waals surface area contributed by atoms with Crippen LogP contribution in [0.1, 0.15) is 58.3 Å². The monoisotopic (exact) mass is 220 g/mol. The van der Waals surface area contributed by atoms with Gasteiger partial charge in [-0.25, -0.2) is 0 Å². The van der Waals surface area contributed by atoms with E-state index in [1.807, 2.05) is 16.8 Å². The maximum atomic E-state index is 9.41. The summed E-state index contributed by atoms with van der Waals surface area (Å²) in [5.74, 6) is 0.392. The van der Waals surface area contributed by atoms with E-state index in [1.165, 1.54) is 51.4 Å². The lowest BCUT2D eigenvalue weighted by Crippen LogP contribution is -1.96. The van der Waals surface area contributed by atoms with E-state index >= 15 is 0 Å². The Morgan fingerprint density at radius 2 is 1.62 bits per heavy atom. The number of hydrogen-bond acceptors (Lipinski definition) is 0. The van der Waals surface area contributed by atoms with Gasteiger partial charge in [0.15, 0.2) is 5.82 Å². The third-order valence-corrected chi connectivity index (χ3v) is 3.06. The third-order valence-electron chi connectivity index (χ3n) is 3.06. The fourth-order valence-electron chi connectivity index (χ4n) is 2.01. The zero-order chi connectivity index (χ0) is 11.6. The standard InChI is InChI=1S/C14H24N2/c1-2-3-4-5-6-7-8-9-12-16-13-10-11-14(16)15/h10-11,13H,2-9,12H2,1H3. The molecule has 0 fully saturated rings. The van der Waals surface area contributed by atoms with Gasteiger partial charge in [-0.1, -0.05) is 51.9 Å². The number of nitrogens with zero attached hydrogens (tertiary/aromatic N) is 2. The van der Waals surface area contributed by atoms with E-state index in [4.69, 9.17) is 0 Å². The molecule has 0 spiro atoms. The Balaban J connectivity index is 1.91. The minimum absolute atomic E-state index is 0.392. The van der Waals surface area contributed by atoms with E-state index in [0.29, 0.717) is 5.82 Å². The van der Waals surface area contributed by atoms with Gasteiger partial charge in [-0.2, -0.15) is 0 Å². The summed E-state index contributed by atoms with van der Waals surface area (Å²) in [5, 5.41) is 0. The van der Waals surface area contributed by atoms with Crippen LogP contribution < -0.4 is 5.73 Å². The summed E-state index contributed by atoms with van der Waals surface area (Å²) in [7, 11) is 0. The fraction of sp³-hybridized carbons (Fsp3) is 0.714. The highest BCUT2D eigenvalue weighted by Gasteiger charge is 1.97. The predicted octanol–water partition coefficient (Wildman–Crippen LogP) is 4.33. The SMILES string of the molecule is CCCCCCCCCCn1cccc1[N]. The van der Waals surface area contributed by atoms with Crippen LogP contribution >= 0.6 is 0 Å². The van der Waals surface area contributed by atoms with Crippen LogP contribution in [-0.4, -0.2) is 4.57 Å². The molecule has 2 nitrogen and oxygen atoms in total. The molecule has 0 amide bonds. The first-order valence-electron chi connectivity index (χ1n) is 6.68. The lowest BCUT2D eigenvalue weighted by molar-refractivity contribution is 0.545. The largest absolute Gasteiger partial charge is 0.332 e. The van der Waals surface area contributed by atoms with E-state index in [0.717, 1.165) is 6.54 Å². The number of aryl methyl sites for hydroxylation is 1. The molecule has 0 aromatic carbocycles. The van der Waals surface area contributed by atoms with Crippen molar-refractivity contribution in [1.29, 1.82) is 0 Å². The summed E-state index contributed by atoms with van der Waals surface area (Å²) in [5.41, 5.74) is 9.41. The molecule has 0 bridgehead atoms. The van der Waals surface area contributed by atoms with E-state index in [9.17, 15) is 5.73 Å². The first kappa shape index (κ1) is 13.1. The maximum Gasteiger partial charge on any atom is 0.155 e. The Morgan fingerprint density at radius 3 is 2.19 bits per heavy atom. The summed E-state index contributed by atoms with van der Waals surface area (Å²) in [6, 6.07) is 3.63. The number of rotatable bonds is 9. The van der Waals surface area contributed by atoms with Crippen molar-refractivity contribution in [2.75, 3.05) is 0 Å². The van der Waals surface area contributed by atoms with Crippen LogP contribution in [0.5, 0.6) is 0 Å². The average molecular weight is 220 g/mol. The van der Waals surface area contributed by atoms with Crippen LogP contribution in [0.25, 0.3) is 0 Å². The molecule has 0 N–H and O–H groups in total. The Morgan fingerprint density at radius 1 is 1.00 bits per heavy atom. The molecule has 0 saturated heterocycles. The molecule has 2 radical (unpaired) electrons. The first-order valence-corrected chi connectivity index (χ1v) is 6.68. The Kier molecular flexibility index (Phi) is 6.78. The smallest absolute Gasteiger partial charge is 0.155 e. The molecule has 1 aromatic rings. The fourth-order valence-corrected chi connectivity index (χ4v) is 2.01. The van der Waals surface area contributed by atoms with Crippen molar-refractivity contribution in [3.63, 3.8) is 0 Å². The quantitative estimate of drug-likeness (QED) is 0.554. The zero-order valence-corrected chi connectivity index (χ0v) is 10.5. The molecule has 0 aliphatic rings. The summed E-state index contributed by atoms with van der Waals surface area (Å²) < 4.78 is 1.91. The summed E-state index contributed by atoms with van der Waals surface area (Å²) in [6.07, 6.45) is 12.6. The van der Waals surface area contributed by atoms with Gasteiger partial charge >= 0.3 is 0 Å². The molecule has 16 heavy (non-hydrogen) atoms. The van der Waals surface area contributed by atoms with Crippen LogP contribution in [0.3, 0.4) is 0 Å². The average Bonchev–Trinajstić information content (AvgIpc) is 2.68. The highest BCUT2D eigenvalue weighted by molar-refractivity contribution is 5.24. The second-order valence-corrected chi connectivity index (χ2v) is 4.53. The summed E-state index contributed by atoms with van der Waals surface area (Å²) in [6.45, 7) is 3.21. The highest BCUT2D eigenvalue weighted by atomic mass is 15.0. The molecule has 90 valence electrons. The molecule has 1 aromatic heterocycles. The number of hydrogen-bond donors (Lipinski definition) is 0. The first-order chi connectivity index (χ1) is 7.84. The molecule has 2 heteroatoms. The summed E-state index contributed by atoms with van der Waals surface area (Å²) in [4.78, 5) is 0. The second kappa shape index (κ2) is 8.26. The summed E-state index contributed by atoms with van der Waals surface area (Å²) >= 11 is 0. The van der Waals surface area contributed by atoms with Crippen LogP contribution in [-0.2, 0) is 6.54 Å². The molecular weight excluding hydrogens is 196 g/mol. The van der Waals surface area contributed by atoms with Crippen LogP contribution in [0.4, 0.5) is 5.82 Å². The van der Waals surface area contributed by atoms with Crippen molar-refractivity contribution in [2.24, 2.45) is 0 Å². The van der Waals surface area contributed by atoms with Crippen molar-refractivity contribution in [3.8, 4) is 0 Å². The molecule has 0 saturated carbocycles. The van der Waals surface area contributed by atoms with Crippen molar-refractivity contribution in [1.82, 2.24) is 10.3 Å². The van der Waals surface area contributed by atoms with Gasteiger partial charge in [0.1, 0.15) is 0 Å². The Bertz CT molecular complexity index is 265. The molecule has 1 rings (SSSR count). The van der Waals surface area contributed by atoms with E-state index < -0.39 is 0 Å². The normalized spacial score (nSPS) is 10.8. The molecular formula is C14H24N2. The van der Waals surface area contributed by atoms with Crippen molar-refractivity contribution >= 4 is 5.82 Å². The lowest BCUT2D eigenvalue weighted by atomic mass is 10.1. The van der Waals surface area contributed by atoms with Gasteiger partial charge in [0, 0.05) is 12.7 Å². The molecule has 0 aliphatic heterocycles. The van der Waals surface area contributed by atoms with E-state index in [1.54, 1.807) is 6.07 Å².